The van der Waals surface area contributed by atoms with E-state index >= 15 is 0 Å². The summed E-state index contributed by atoms with van der Waals surface area (Å²) in [4.78, 5) is 2.56. The molecular formula is C13H19N5. The largest absolute Gasteiger partial charge is 0.365 e. The summed E-state index contributed by atoms with van der Waals surface area (Å²) >= 11 is 0. The summed E-state index contributed by atoms with van der Waals surface area (Å²) in [7, 11) is 1.89. The molecule has 1 aromatic heterocycles. The Kier molecular flexibility index (Phi) is 2.75. The summed E-state index contributed by atoms with van der Waals surface area (Å²) in [5.41, 5.74) is 1.49. The Labute approximate surface area is 107 Å². The van der Waals surface area contributed by atoms with E-state index in [1.165, 1.54) is 19.4 Å². The van der Waals surface area contributed by atoms with Crippen LogP contribution in [0.5, 0.6) is 0 Å². The molecule has 0 amide bonds. The first-order chi connectivity index (χ1) is 8.69. The summed E-state index contributed by atoms with van der Waals surface area (Å²) in [5, 5.41) is 17.0. The van der Waals surface area contributed by atoms with Crippen molar-refractivity contribution in [3.63, 3.8) is 0 Å². The molecule has 2 fully saturated rings. The lowest BCUT2D eigenvalue weighted by molar-refractivity contribution is 0.326. The van der Waals surface area contributed by atoms with Crippen LogP contribution in [-0.2, 0) is 7.05 Å². The van der Waals surface area contributed by atoms with Crippen LogP contribution in [0.2, 0.25) is 0 Å². The highest BCUT2D eigenvalue weighted by Gasteiger charge is 2.34. The van der Waals surface area contributed by atoms with Crippen molar-refractivity contribution in [2.45, 2.75) is 38.3 Å². The average Bonchev–Trinajstić information content (AvgIpc) is 3.03. The van der Waals surface area contributed by atoms with Gasteiger partial charge in [0.2, 0.25) is 0 Å². The monoisotopic (exact) mass is 245 g/mol. The van der Waals surface area contributed by atoms with Gasteiger partial charge in [0.1, 0.15) is 17.5 Å². The van der Waals surface area contributed by atoms with Crippen molar-refractivity contribution in [2.75, 3.05) is 18.4 Å². The maximum absolute atomic E-state index is 9.18. The Hall–Kier alpha value is -1.54. The number of nitriles is 1. The van der Waals surface area contributed by atoms with Gasteiger partial charge in [-0.2, -0.15) is 10.4 Å². The van der Waals surface area contributed by atoms with E-state index in [-0.39, 0.29) is 0 Å². The summed E-state index contributed by atoms with van der Waals surface area (Å²) < 4.78 is 1.79. The van der Waals surface area contributed by atoms with Crippen molar-refractivity contribution in [1.82, 2.24) is 14.7 Å². The lowest BCUT2D eigenvalue weighted by Crippen LogP contribution is -2.28. The normalized spacial score (nSPS) is 24.2. The van der Waals surface area contributed by atoms with Crippen molar-refractivity contribution >= 4 is 5.82 Å². The molecule has 2 heterocycles. The van der Waals surface area contributed by atoms with Gasteiger partial charge in [0.15, 0.2) is 0 Å². The van der Waals surface area contributed by atoms with Crippen LogP contribution in [0.3, 0.4) is 0 Å². The molecule has 0 aromatic carbocycles. The van der Waals surface area contributed by atoms with Crippen molar-refractivity contribution in [3.8, 4) is 6.07 Å². The molecule has 96 valence electrons. The van der Waals surface area contributed by atoms with Gasteiger partial charge in [-0.25, -0.2) is 0 Å². The van der Waals surface area contributed by atoms with Gasteiger partial charge >= 0.3 is 0 Å². The van der Waals surface area contributed by atoms with Crippen molar-refractivity contribution in [1.29, 1.82) is 5.26 Å². The lowest BCUT2D eigenvalue weighted by Gasteiger charge is -2.16. The van der Waals surface area contributed by atoms with Gasteiger partial charge in [-0.05, 0) is 26.2 Å². The summed E-state index contributed by atoms with van der Waals surface area (Å²) in [6.45, 7) is 4.16. The second-order valence-corrected chi connectivity index (χ2v) is 5.40. The van der Waals surface area contributed by atoms with E-state index in [1.54, 1.807) is 4.68 Å². The standard InChI is InChI=1S/C13H19N5/c1-9-12(7-14)13(17(2)16-9)15-10-5-6-18(8-10)11-3-4-11/h10-11,15H,3-6,8H2,1-2H3. The number of nitrogens with zero attached hydrogens (tertiary/aromatic N) is 4. The molecule has 18 heavy (non-hydrogen) atoms. The third kappa shape index (κ3) is 1.97. The van der Waals surface area contributed by atoms with Gasteiger partial charge in [0, 0.05) is 32.2 Å². The van der Waals surface area contributed by atoms with Crippen molar-refractivity contribution in [2.24, 2.45) is 7.05 Å². The summed E-state index contributed by atoms with van der Waals surface area (Å²) in [6.07, 6.45) is 3.88. The zero-order valence-corrected chi connectivity index (χ0v) is 11.0. The topological polar surface area (TPSA) is 56.9 Å². The summed E-state index contributed by atoms with van der Waals surface area (Å²) in [6, 6.07) is 3.53. The first-order valence-electron chi connectivity index (χ1n) is 6.63. The molecule has 0 radical (unpaired) electrons. The SMILES string of the molecule is Cc1nn(C)c(NC2CCN(C3CC3)C2)c1C#N. The Bertz CT molecular complexity index is 494. The molecule has 1 aliphatic heterocycles. The molecule has 2 aliphatic rings. The fourth-order valence-electron chi connectivity index (χ4n) is 2.83. The molecule has 1 aromatic rings. The fraction of sp³-hybridized carbons (Fsp3) is 0.692. The van der Waals surface area contributed by atoms with E-state index in [2.05, 4.69) is 21.4 Å². The number of likely N-dealkylation sites (tertiary alicyclic amines) is 1. The molecule has 1 atom stereocenters. The van der Waals surface area contributed by atoms with Gasteiger partial charge in [0.05, 0.1) is 5.69 Å². The predicted molar refractivity (Wildman–Crippen MR) is 69.3 cm³/mol. The molecular weight excluding hydrogens is 226 g/mol. The maximum Gasteiger partial charge on any atom is 0.142 e. The minimum Gasteiger partial charge on any atom is -0.365 e. The van der Waals surface area contributed by atoms with E-state index in [0.717, 1.165) is 30.5 Å². The molecule has 1 saturated carbocycles. The molecule has 1 unspecified atom stereocenters. The van der Waals surface area contributed by atoms with E-state index in [4.69, 9.17) is 0 Å². The van der Waals surface area contributed by atoms with E-state index in [9.17, 15) is 5.26 Å². The van der Waals surface area contributed by atoms with Gasteiger partial charge in [-0.15, -0.1) is 0 Å². The zero-order chi connectivity index (χ0) is 12.7. The van der Waals surface area contributed by atoms with E-state index < -0.39 is 0 Å². The maximum atomic E-state index is 9.18. The molecule has 1 N–H and O–H groups in total. The Morgan fingerprint density at radius 3 is 2.83 bits per heavy atom. The van der Waals surface area contributed by atoms with Crippen LogP contribution >= 0.6 is 0 Å². The second kappa shape index (κ2) is 4.29. The van der Waals surface area contributed by atoms with Crippen LogP contribution in [0, 0.1) is 18.3 Å². The van der Waals surface area contributed by atoms with Crippen LogP contribution in [0.1, 0.15) is 30.5 Å². The van der Waals surface area contributed by atoms with Crippen molar-refractivity contribution < 1.29 is 0 Å². The highest BCUT2D eigenvalue weighted by Crippen LogP contribution is 2.31. The van der Waals surface area contributed by atoms with Crippen LogP contribution in [0.25, 0.3) is 0 Å². The average molecular weight is 245 g/mol. The first kappa shape index (κ1) is 11.5. The molecule has 1 aliphatic carbocycles. The molecule has 0 spiro atoms. The fourth-order valence-corrected chi connectivity index (χ4v) is 2.83. The van der Waals surface area contributed by atoms with Crippen LogP contribution < -0.4 is 5.32 Å². The van der Waals surface area contributed by atoms with Crippen LogP contribution in [0.4, 0.5) is 5.82 Å². The van der Waals surface area contributed by atoms with Gasteiger partial charge < -0.3 is 5.32 Å². The van der Waals surface area contributed by atoms with Gasteiger partial charge in [-0.3, -0.25) is 9.58 Å². The minimum atomic E-state index is 0.451. The smallest absolute Gasteiger partial charge is 0.142 e. The third-order valence-electron chi connectivity index (χ3n) is 3.96. The zero-order valence-electron chi connectivity index (χ0n) is 11.0. The number of nitrogens with one attached hydrogen (secondary N) is 1. The van der Waals surface area contributed by atoms with Crippen molar-refractivity contribution in [3.05, 3.63) is 11.3 Å². The number of anilines is 1. The van der Waals surface area contributed by atoms with Crippen LogP contribution in [-0.4, -0.2) is 39.9 Å². The number of rotatable bonds is 3. The molecule has 3 rings (SSSR count). The quantitative estimate of drug-likeness (QED) is 0.870. The van der Waals surface area contributed by atoms with E-state index in [0.29, 0.717) is 11.6 Å². The first-order valence-corrected chi connectivity index (χ1v) is 6.63. The molecule has 5 heteroatoms. The minimum absolute atomic E-state index is 0.451. The van der Waals surface area contributed by atoms with Gasteiger partial charge in [0.25, 0.3) is 0 Å². The Balaban J connectivity index is 1.71. The lowest BCUT2D eigenvalue weighted by atomic mass is 10.2. The second-order valence-electron chi connectivity index (χ2n) is 5.40. The molecule has 1 saturated heterocycles. The number of hydrogen-bond acceptors (Lipinski definition) is 4. The number of aromatic nitrogens is 2. The highest BCUT2D eigenvalue weighted by molar-refractivity contribution is 5.55. The number of aryl methyl sites for hydroxylation is 2. The third-order valence-corrected chi connectivity index (χ3v) is 3.96. The van der Waals surface area contributed by atoms with Crippen LogP contribution in [0.15, 0.2) is 0 Å². The Morgan fingerprint density at radius 2 is 2.17 bits per heavy atom. The molecule has 5 nitrogen and oxygen atoms in total. The highest BCUT2D eigenvalue weighted by atomic mass is 15.3. The van der Waals surface area contributed by atoms with Gasteiger partial charge in [-0.1, -0.05) is 0 Å². The predicted octanol–water partition coefficient (Wildman–Crippen LogP) is 1.25. The molecule has 0 bridgehead atoms. The number of hydrogen-bond donors (Lipinski definition) is 1. The van der Waals surface area contributed by atoms with E-state index in [1.807, 2.05) is 14.0 Å². The summed E-state index contributed by atoms with van der Waals surface area (Å²) in [5.74, 6) is 0.873. The Morgan fingerprint density at radius 1 is 1.39 bits per heavy atom.